The van der Waals surface area contributed by atoms with Crippen molar-refractivity contribution in [2.75, 3.05) is 0 Å². The minimum Gasteiger partial charge on any atom is -0.456 e. The van der Waals surface area contributed by atoms with Crippen molar-refractivity contribution in [2.24, 2.45) is 0 Å². The van der Waals surface area contributed by atoms with Gasteiger partial charge in [0.15, 0.2) is 0 Å². The van der Waals surface area contributed by atoms with Gasteiger partial charge >= 0.3 is 0 Å². The first-order valence-electron chi connectivity index (χ1n) is 19.1. The van der Waals surface area contributed by atoms with Crippen molar-refractivity contribution >= 4 is 71.2 Å². The van der Waals surface area contributed by atoms with Crippen molar-refractivity contribution in [3.63, 3.8) is 0 Å². The highest BCUT2D eigenvalue weighted by Gasteiger charge is 2.38. The lowest BCUT2D eigenvalue weighted by Gasteiger charge is -2.23. The fourth-order valence-electron chi connectivity index (χ4n) is 9.92. The Morgan fingerprint density at radius 3 is 1.89 bits per heavy atom. The quantitative estimate of drug-likeness (QED) is 0.181. The molecule has 7 aromatic carbocycles. The summed E-state index contributed by atoms with van der Waals surface area (Å²) in [6.07, 6.45) is 8.85. The van der Waals surface area contributed by atoms with Gasteiger partial charge in [-0.3, -0.25) is 0 Å². The standard InChI is InChI=1S/C51H36N2O/c1-51(2)42-30-34(22-23-35(42)38-24-27-48-49(50(38)51)39-16-8-11-19-47(39)54-48)53-44-18-10-7-15-37(44)41-29-32(21-26-46(41)53)31-20-25-45-40(28-31)36-14-6-9-17-43(36)52(45)33-12-4-3-5-13-33/h3-4,6-12,14-30H,5,13H2,1-2H3. The van der Waals surface area contributed by atoms with E-state index in [1.165, 1.54) is 99.1 Å². The summed E-state index contributed by atoms with van der Waals surface area (Å²) in [6.45, 7) is 4.75. The molecule has 0 amide bonds. The molecule has 3 heteroatoms. The number of allylic oxidation sites excluding steroid dienone is 4. The van der Waals surface area contributed by atoms with Crippen LogP contribution < -0.4 is 0 Å². The molecule has 2 aliphatic carbocycles. The molecule has 54 heavy (non-hydrogen) atoms. The zero-order chi connectivity index (χ0) is 35.7. The molecule has 2 aliphatic rings. The predicted molar refractivity (Wildman–Crippen MR) is 227 cm³/mol. The SMILES string of the molecule is CC1(C)c2cc(-n3c4ccccc4c4cc(-c5ccc6c(c5)c5ccccc5n6C5=CC=CCC5)ccc43)ccc2-c2ccc3oc4ccccc4c3c21. The molecule has 3 nitrogen and oxygen atoms in total. The molecule has 0 saturated carbocycles. The van der Waals surface area contributed by atoms with Gasteiger partial charge in [0.1, 0.15) is 11.2 Å². The van der Waals surface area contributed by atoms with Gasteiger partial charge in [0.2, 0.25) is 0 Å². The van der Waals surface area contributed by atoms with Crippen LogP contribution in [0.25, 0.3) is 99.2 Å². The van der Waals surface area contributed by atoms with Crippen LogP contribution in [-0.2, 0) is 5.41 Å². The summed E-state index contributed by atoms with van der Waals surface area (Å²) in [7, 11) is 0. The van der Waals surface area contributed by atoms with Gasteiger partial charge in [-0.05, 0) is 113 Å². The maximum Gasteiger partial charge on any atom is 0.135 e. The van der Waals surface area contributed by atoms with Gasteiger partial charge in [-0.25, -0.2) is 0 Å². The summed E-state index contributed by atoms with van der Waals surface area (Å²) in [5.41, 5.74) is 17.0. The fourth-order valence-corrected chi connectivity index (χ4v) is 9.92. The molecule has 0 saturated heterocycles. The molecule has 256 valence electrons. The van der Waals surface area contributed by atoms with Crippen LogP contribution in [0.3, 0.4) is 0 Å². The predicted octanol–water partition coefficient (Wildman–Crippen LogP) is 14.0. The maximum atomic E-state index is 6.35. The molecule has 0 unspecified atom stereocenters. The van der Waals surface area contributed by atoms with Crippen LogP contribution in [0, 0.1) is 0 Å². The summed E-state index contributed by atoms with van der Waals surface area (Å²) in [5, 5.41) is 7.54. The third-order valence-electron chi connectivity index (χ3n) is 12.4. The highest BCUT2D eigenvalue weighted by molar-refractivity contribution is 6.14. The summed E-state index contributed by atoms with van der Waals surface area (Å²) >= 11 is 0. The Balaban J connectivity index is 1.02. The zero-order valence-corrected chi connectivity index (χ0v) is 30.2. The lowest BCUT2D eigenvalue weighted by atomic mass is 9.80. The number of furan rings is 1. The monoisotopic (exact) mass is 692 g/mol. The average molecular weight is 693 g/mol. The van der Waals surface area contributed by atoms with E-state index in [-0.39, 0.29) is 5.41 Å². The minimum atomic E-state index is -0.204. The number of fused-ring (bicyclic) bond motifs is 13. The Labute approximate surface area is 312 Å². The largest absolute Gasteiger partial charge is 0.456 e. The van der Waals surface area contributed by atoms with E-state index >= 15 is 0 Å². The van der Waals surface area contributed by atoms with Crippen molar-refractivity contribution < 1.29 is 4.42 Å². The van der Waals surface area contributed by atoms with E-state index in [2.05, 4.69) is 181 Å². The summed E-state index contributed by atoms with van der Waals surface area (Å²) in [6, 6.07) is 51.7. The Morgan fingerprint density at radius 1 is 0.537 bits per heavy atom. The van der Waals surface area contributed by atoms with Crippen molar-refractivity contribution in [1.29, 1.82) is 0 Å². The normalized spacial score (nSPS) is 14.9. The van der Waals surface area contributed by atoms with Gasteiger partial charge in [-0.15, -0.1) is 0 Å². The van der Waals surface area contributed by atoms with E-state index in [1.54, 1.807) is 0 Å². The van der Waals surface area contributed by atoms with Crippen LogP contribution in [0.15, 0.2) is 162 Å². The van der Waals surface area contributed by atoms with Crippen molar-refractivity contribution in [2.45, 2.75) is 32.1 Å². The van der Waals surface area contributed by atoms with Crippen LogP contribution in [-0.4, -0.2) is 9.13 Å². The van der Waals surface area contributed by atoms with Gasteiger partial charge < -0.3 is 13.6 Å². The molecular formula is C51H36N2O. The zero-order valence-electron chi connectivity index (χ0n) is 30.2. The molecule has 0 radical (unpaired) electrons. The number of hydrogen-bond donors (Lipinski definition) is 0. The van der Waals surface area contributed by atoms with E-state index in [4.69, 9.17) is 4.42 Å². The first-order chi connectivity index (χ1) is 26.5. The van der Waals surface area contributed by atoms with E-state index in [1.807, 2.05) is 0 Å². The van der Waals surface area contributed by atoms with E-state index in [9.17, 15) is 0 Å². The Hall–Kier alpha value is -6.58. The first-order valence-corrected chi connectivity index (χ1v) is 19.1. The number of aromatic nitrogens is 2. The lowest BCUT2D eigenvalue weighted by molar-refractivity contribution is 0.656. The molecule has 3 heterocycles. The number of hydrogen-bond acceptors (Lipinski definition) is 1. The molecule has 12 rings (SSSR count). The Bertz CT molecular complexity index is 3300. The smallest absolute Gasteiger partial charge is 0.135 e. The third kappa shape index (κ3) is 3.96. The second kappa shape index (κ2) is 10.7. The maximum absolute atomic E-state index is 6.35. The number of benzene rings is 7. The van der Waals surface area contributed by atoms with Gasteiger partial charge in [-0.1, -0.05) is 105 Å². The van der Waals surface area contributed by atoms with E-state index in [0.29, 0.717) is 0 Å². The van der Waals surface area contributed by atoms with Gasteiger partial charge in [0.25, 0.3) is 0 Å². The molecule has 0 N–H and O–H groups in total. The molecule has 0 atom stereocenters. The minimum absolute atomic E-state index is 0.204. The number of para-hydroxylation sites is 3. The number of nitrogens with zero attached hydrogens (tertiary/aromatic N) is 2. The van der Waals surface area contributed by atoms with Gasteiger partial charge in [0.05, 0.1) is 22.1 Å². The van der Waals surface area contributed by atoms with Crippen LogP contribution in [0.2, 0.25) is 0 Å². The topological polar surface area (TPSA) is 23.0 Å². The van der Waals surface area contributed by atoms with Crippen LogP contribution >= 0.6 is 0 Å². The summed E-state index contributed by atoms with van der Waals surface area (Å²) in [4.78, 5) is 0. The third-order valence-corrected chi connectivity index (χ3v) is 12.4. The Kier molecular flexibility index (Phi) is 5.96. The van der Waals surface area contributed by atoms with E-state index in [0.717, 1.165) is 24.0 Å². The second-order valence-corrected chi connectivity index (χ2v) is 15.6. The number of rotatable bonds is 3. The van der Waals surface area contributed by atoms with Gasteiger partial charge in [-0.2, -0.15) is 0 Å². The fraction of sp³-hybridized carbons (Fsp3) is 0.0980. The molecular weight excluding hydrogens is 657 g/mol. The van der Waals surface area contributed by atoms with Gasteiger partial charge in [0, 0.05) is 49.1 Å². The highest BCUT2D eigenvalue weighted by atomic mass is 16.3. The molecule has 3 aromatic heterocycles. The molecule has 0 fully saturated rings. The van der Waals surface area contributed by atoms with Crippen molar-refractivity contribution in [1.82, 2.24) is 9.13 Å². The first kappa shape index (κ1) is 29.9. The molecule has 0 spiro atoms. The summed E-state index contributed by atoms with van der Waals surface area (Å²) < 4.78 is 11.3. The lowest BCUT2D eigenvalue weighted by Crippen LogP contribution is -2.15. The van der Waals surface area contributed by atoms with Crippen LogP contribution in [0.5, 0.6) is 0 Å². The van der Waals surface area contributed by atoms with E-state index < -0.39 is 0 Å². The van der Waals surface area contributed by atoms with Crippen molar-refractivity contribution in [3.8, 4) is 27.9 Å². The molecule has 0 bridgehead atoms. The second-order valence-electron chi connectivity index (χ2n) is 15.6. The van der Waals surface area contributed by atoms with Crippen LogP contribution in [0.4, 0.5) is 0 Å². The van der Waals surface area contributed by atoms with Crippen molar-refractivity contribution in [3.05, 3.63) is 169 Å². The highest BCUT2D eigenvalue weighted by Crippen LogP contribution is 2.53. The average Bonchev–Trinajstić information content (AvgIpc) is 3.92. The molecule has 0 aliphatic heterocycles. The summed E-state index contributed by atoms with van der Waals surface area (Å²) in [5.74, 6) is 0. The Morgan fingerprint density at radius 2 is 1.17 bits per heavy atom. The van der Waals surface area contributed by atoms with Crippen LogP contribution in [0.1, 0.15) is 37.8 Å². The molecule has 10 aromatic rings.